The molecule has 0 unspecified atom stereocenters. The molecule has 3 aliphatic rings. The predicted octanol–water partition coefficient (Wildman–Crippen LogP) is 7.65. The van der Waals surface area contributed by atoms with Crippen molar-refractivity contribution in [2.45, 2.75) is 107 Å². The highest BCUT2D eigenvalue weighted by atomic mass is 16.4. The van der Waals surface area contributed by atoms with Gasteiger partial charge in [0.05, 0.1) is 18.6 Å². The largest absolute Gasteiger partial charge is 0.508 e. The minimum atomic E-state index is -0.797. The Morgan fingerprint density at radius 1 is 1.02 bits per heavy atom. The molecule has 1 fully saturated rings. The number of hydrogen-bond donors (Lipinski definition) is 4. The van der Waals surface area contributed by atoms with E-state index in [2.05, 4.69) is 42.5 Å². The van der Waals surface area contributed by atoms with Gasteiger partial charge in [0.2, 0.25) is 0 Å². The molecule has 3 aliphatic carbocycles. The number of fused-ring (bicyclic) bond motifs is 3. The van der Waals surface area contributed by atoms with Gasteiger partial charge in [-0.1, -0.05) is 73.9 Å². The van der Waals surface area contributed by atoms with E-state index in [9.17, 15) is 30.0 Å². The zero-order chi connectivity index (χ0) is 32.5. The molecule has 2 aromatic rings. The Bertz CT molecular complexity index is 1360. The molecule has 0 amide bonds. The number of aliphatic hydroxyl groups is 2. The van der Waals surface area contributed by atoms with Gasteiger partial charge >= 0.3 is 5.97 Å². The number of unbranched alkanes of at least 4 members (excludes halogenated alkanes) is 2. The first-order chi connectivity index (χ1) is 22.3. The molecule has 0 saturated heterocycles. The van der Waals surface area contributed by atoms with Gasteiger partial charge in [0.15, 0.2) is 0 Å². The molecular weight excluding hydrogens is 576 g/mol. The third-order valence-corrected chi connectivity index (χ3v) is 11.3. The molecular formula is C40H52O6. The lowest BCUT2D eigenvalue weighted by molar-refractivity contribution is -0.145. The van der Waals surface area contributed by atoms with Crippen molar-refractivity contribution in [2.24, 2.45) is 23.7 Å². The average Bonchev–Trinajstić information content (AvgIpc) is 3.53. The first-order valence-corrected chi connectivity index (χ1v) is 17.5. The van der Waals surface area contributed by atoms with Crippen molar-refractivity contribution in [1.82, 2.24) is 0 Å². The van der Waals surface area contributed by atoms with Crippen LogP contribution in [0, 0.1) is 23.7 Å². The maximum atomic E-state index is 12.8. The fourth-order valence-corrected chi connectivity index (χ4v) is 8.78. The molecule has 6 heteroatoms. The van der Waals surface area contributed by atoms with Crippen LogP contribution in [0.4, 0.5) is 0 Å². The Balaban J connectivity index is 1.37. The highest BCUT2D eigenvalue weighted by Gasteiger charge is 2.47. The summed E-state index contributed by atoms with van der Waals surface area (Å²) in [5.41, 5.74) is 3.84. The van der Waals surface area contributed by atoms with E-state index < -0.39 is 23.4 Å². The van der Waals surface area contributed by atoms with Gasteiger partial charge < -0.3 is 25.2 Å². The van der Waals surface area contributed by atoms with Crippen LogP contribution in [0.1, 0.15) is 106 Å². The highest BCUT2D eigenvalue weighted by molar-refractivity contribution is 5.73. The number of rotatable bonds is 11. The standard InChI is InChI=1S/C40H52O6/c41-26-29-15-16-32(22-29)33(27-42)11-3-1-2-9-30-10-4-5-14-38(39(45)46)40(21-7-13-36(44)25-40)34-12-6-8-28(23-34)24-37(30)31-17-19-35(43)20-18-31/h4-6,8,12,17-20,22-23,27,30,32-33,36-38,41,43-44H,1-3,7,9-11,13-16,21,24-26H2,(H,45,46)/t30-,32-,33-,36-,37-,38+,40+/m1/s1. The summed E-state index contributed by atoms with van der Waals surface area (Å²) in [6.45, 7) is 0.0887. The number of carboxylic acid groups (broad SMARTS) is 1. The van der Waals surface area contributed by atoms with Crippen LogP contribution in [0.2, 0.25) is 0 Å². The van der Waals surface area contributed by atoms with Gasteiger partial charge in [-0.05, 0) is 123 Å². The summed E-state index contributed by atoms with van der Waals surface area (Å²) in [5, 5.41) is 40.8. The van der Waals surface area contributed by atoms with Crippen molar-refractivity contribution >= 4 is 12.3 Å². The number of hydrogen-bond acceptors (Lipinski definition) is 5. The summed E-state index contributed by atoms with van der Waals surface area (Å²) in [4.78, 5) is 24.7. The molecule has 0 aliphatic heterocycles. The Kier molecular flexibility index (Phi) is 11.9. The number of benzene rings is 2. The van der Waals surface area contributed by atoms with Gasteiger partial charge in [-0.3, -0.25) is 4.79 Å². The second-order valence-corrected chi connectivity index (χ2v) is 14.2. The number of aldehydes is 1. The zero-order valence-corrected chi connectivity index (χ0v) is 27.1. The molecule has 7 atom stereocenters. The van der Waals surface area contributed by atoms with Gasteiger partial charge in [-0.15, -0.1) is 0 Å². The van der Waals surface area contributed by atoms with Gasteiger partial charge in [0.25, 0.3) is 0 Å². The molecule has 0 heterocycles. The monoisotopic (exact) mass is 628 g/mol. The minimum absolute atomic E-state index is 0.0149. The van der Waals surface area contributed by atoms with Crippen molar-refractivity contribution in [3.63, 3.8) is 0 Å². The van der Waals surface area contributed by atoms with Crippen LogP contribution < -0.4 is 0 Å². The number of carbonyl (C=O) groups excluding carboxylic acids is 1. The molecule has 248 valence electrons. The SMILES string of the molecule is O=C[C@@H](CCCCC[C@@H]1CC=CC[C@@H](C(=O)O)[C@]2(CCC[C@@H](O)C2)c2cccc(c2)C[C@H]1c1ccc(O)cc1)[C@H]1C=C(CO)CC1. The Morgan fingerprint density at radius 3 is 2.54 bits per heavy atom. The number of phenols is 1. The summed E-state index contributed by atoms with van der Waals surface area (Å²) in [5.74, 6) is -0.350. The molecule has 1 saturated carbocycles. The van der Waals surface area contributed by atoms with Crippen LogP contribution in [0.25, 0.3) is 0 Å². The number of aliphatic hydroxyl groups excluding tert-OH is 2. The average molecular weight is 629 g/mol. The normalized spacial score (nSPS) is 29.0. The van der Waals surface area contributed by atoms with E-state index in [1.54, 1.807) is 12.1 Å². The summed E-state index contributed by atoms with van der Waals surface area (Å²) >= 11 is 0. The molecule has 2 bridgehead atoms. The molecule has 0 radical (unpaired) electrons. The van der Waals surface area contributed by atoms with Gasteiger partial charge in [-0.25, -0.2) is 0 Å². The van der Waals surface area contributed by atoms with Crippen LogP contribution >= 0.6 is 0 Å². The maximum absolute atomic E-state index is 12.8. The second kappa shape index (κ2) is 16.1. The van der Waals surface area contributed by atoms with Crippen LogP contribution in [0.3, 0.4) is 0 Å². The molecule has 6 nitrogen and oxygen atoms in total. The second-order valence-electron chi connectivity index (χ2n) is 14.2. The Labute approximate surface area is 274 Å². The third-order valence-electron chi connectivity index (χ3n) is 11.3. The van der Waals surface area contributed by atoms with Crippen LogP contribution in [0.5, 0.6) is 5.75 Å². The number of carboxylic acids is 1. The Morgan fingerprint density at radius 2 is 1.83 bits per heavy atom. The molecule has 2 aromatic carbocycles. The Hall–Kier alpha value is -3.22. The van der Waals surface area contributed by atoms with E-state index in [1.807, 2.05) is 12.1 Å². The lowest BCUT2D eigenvalue weighted by atomic mass is 9.60. The summed E-state index contributed by atoms with van der Waals surface area (Å²) < 4.78 is 0. The topological polar surface area (TPSA) is 115 Å². The minimum Gasteiger partial charge on any atom is -0.508 e. The third kappa shape index (κ3) is 8.19. The van der Waals surface area contributed by atoms with Gasteiger partial charge in [0, 0.05) is 11.3 Å². The maximum Gasteiger partial charge on any atom is 0.307 e. The van der Waals surface area contributed by atoms with Crippen LogP contribution in [0.15, 0.2) is 72.3 Å². The van der Waals surface area contributed by atoms with Crippen LogP contribution in [-0.4, -0.2) is 45.4 Å². The number of carbonyl (C=O) groups is 2. The molecule has 5 rings (SSSR count). The summed E-state index contributed by atoms with van der Waals surface area (Å²) in [6.07, 6.45) is 18.6. The fourth-order valence-electron chi connectivity index (χ4n) is 8.78. The van der Waals surface area contributed by atoms with Crippen molar-refractivity contribution in [2.75, 3.05) is 6.61 Å². The summed E-state index contributed by atoms with van der Waals surface area (Å²) in [6, 6.07) is 16.1. The lowest BCUT2D eigenvalue weighted by Gasteiger charge is -2.44. The van der Waals surface area contributed by atoms with E-state index in [0.717, 1.165) is 88.1 Å². The van der Waals surface area contributed by atoms with Crippen molar-refractivity contribution in [3.05, 3.63) is 89.0 Å². The molecule has 4 N–H and O–H groups in total. The van der Waals surface area contributed by atoms with Gasteiger partial charge in [0.1, 0.15) is 12.0 Å². The van der Waals surface area contributed by atoms with Crippen molar-refractivity contribution in [3.8, 4) is 5.75 Å². The van der Waals surface area contributed by atoms with E-state index >= 15 is 0 Å². The fraction of sp³-hybridized carbons (Fsp3) is 0.550. The lowest BCUT2D eigenvalue weighted by Crippen LogP contribution is -2.45. The number of allylic oxidation sites excluding steroid dienone is 3. The van der Waals surface area contributed by atoms with E-state index in [1.165, 1.54) is 11.1 Å². The number of aromatic hydroxyl groups is 1. The van der Waals surface area contributed by atoms with Crippen molar-refractivity contribution in [1.29, 1.82) is 0 Å². The quantitative estimate of drug-likeness (QED) is 0.115. The van der Waals surface area contributed by atoms with Gasteiger partial charge in [-0.2, -0.15) is 0 Å². The molecule has 0 aromatic heterocycles. The molecule has 1 spiro atoms. The van der Waals surface area contributed by atoms with E-state index in [4.69, 9.17) is 0 Å². The number of phenolic OH excluding ortho intramolecular Hbond substituents is 1. The zero-order valence-electron chi connectivity index (χ0n) is 27.1. The molecule has 46 heavy (non-hydrogen) atoms. The predicted molar refractivity (Wildman–Crippen MR) is 181 cm³/mol. The first kappa shape index (κ1) is 34.1. The van der Waals surface area contributed by atoms with E-state index in [0.29, 0.717) is 25.2 Å². The van der Waals surface area contributed by atoms with Crippen LogP contribution in [-0.2, 0) is 21.4 Å². The highest BCUT2D eigenvalue weighted by Crippen LogP contribution is 2.48. The first-order valence-electron chi connectivity index (χ1n) is 17.5. The smallest absolute Gasteiger partial charge is 0.307 e. The van der Waals surface area contributed by atoms with Crippen molar-refractivity contribution < 1.29 is 30.0 Å². The number of aliphatic carboxylic acids is 1. The summed E-state index contributed by atoms with van der Waals surface area (Å²) in [7, 11) is 0. The van der Waals surface area contributed by atoms with E-state index in [-0.39, 0.29) is 30.1 Å².